The minimum atomic E-state index is -0.324. The monoisotopic (exact) mass is 598 g/mol. The van der Waals surface area contributed by atoms with Crippen molar-refractivity contribution in [1.29, 1.82) is 0 Å². The number of ether oxygens (including phenoxy) is 10. The largest absolute Gasteiger partial charge is 0.462 e. The molecule has 11 nitrogen and oxygen atoms in total. The smallest absolute Gasteiger partial charge is 0.338 e. The molecule has 0 saturated carbocycles. The van der Waals surface area contributed by atoms with Gasteiger partial charge in [-0.25, -0.2) is 4.79 Å². The van der Waals surface area contributed by atoms with Gasteiger partial charge in [0.05, 0.1) is 118 Å². The standard InChI is InChI=1S/C31H50O11/c1-3-4-11-42-31(32)30-9-5-7-29(28-30)8-6-10-34-14-15-36-18-19-38-22-23-40-26-27-41-25-24-39-21-20-37-17-16-35-13-12-33-2/h5,7,9,28H,3-4,10-27H2,1-2H3. The Labute approximate surface area is 251 Å². The Morgan fingerprint density at radius 3 is 1.52 bits per heavy atom. The summed E-state index contributed by atoms with van der Waals surface area (Å²) >= 11 is 0. The molecule has 0 spiro atoms. The highest BCUT2D eigenvalue weighted by Gasteiger charge is 2.06. The number of carbonyl (C=O) groups is 1. The van der Waals surface area contributed by atoms with Crippen LogP contribution in [0.25, 0.3) is 0 Å². The van der Waals surface area contributed by atoms with Gasteiger partial charge in [-0.3, -0.25) is 0 Å². The maximum atomic E-state index is 12.0. The third kappa shape index (κ3) is 24.5. The minimum Gasteiger partial charge on any atom is -0.462 e. The number of hydrogen-bond acceptors (Lipinski definition) is 11. The third-order valence-electron chi connectivity index (χ3n) is 5.27. The molecule has 11 heteroatoms. The zero-order valence-electron chi connectivity index (χ0n) is 25.4. The Bertz CT molecular complexity index is 810. The summed E-state index contributed by atoms with van der Waals surface area (Å²) in [5, 5.41) is 0. The fraction of sp³-hybridized carbons (Fsp3) is 0.710. The normalized spacial score (nSPS) is 10.9. The van der Waals surface area contributed by atoms with Crippen molar-refractivity contribution in [3.8, 4) is 11.8 Å². The molecule has 0 aliphatic rings. The maximum absolute atomic E-state index is 12.0. The van der Waals surface area contributed by atoms with Crippen molar-refractivity contribution in [1.82, 2.24) is 0 Å². The van der Waals surface area contributed by atoms with E-state index in [1.54, 1.807) is 25.3 Å². The average Bonchev–Trinajstić information content (AvgIpc) is 3.01. The summed E-state index contributed by atoms with van der Waals surface area (Å²) in [7, 11) is 1.64. The van der Waals surface area contributed by atoms with Crippen LogP contribution in [0.1, 0.15) is 35.7 Å². The molecule has 0 aliphatic heterocycles. The summed E-state index contributed by atoms with van der Waals surface area (Å²) < 4.78 is 53.6. The summed E-state index contributed by atoms with van der Waals surface area (Å²) in [6.45, 7) is 11.0. The molecule has 0 radical (unpaired) electrons. The summed E-state index contributed by atoms with van der Waals surface area (Å²) in [5.41, 5.74) is 1.25. The van der Waals surface area contributed by atoms with Crippen molar-refractivity contribution < 1.29 is 52.2 Å². The molecule has 1 rings (SSSR count). The van der Waals surface area contributed by atoms with Gasteiger partial charge in [0, 0.05) is 12.7 Å². The molecule has 1 aromatic rings. The van der Waals surface area contributed by atoms with Gasteiger partial charge < -0.3 is 47.4 Å². The minimum absolute atomic E-state index is 0.278. The fourth-order valence-corrected chi connectivity index (χ4v) is 3.06. The van der Waals surface area contributed by atoms with Gasteiger partial charge in [0.15, 0.2) is 0 Å². The lowest BCUT2D eigenvalue weighted by atomic mass is 10.1. The number of esters is 1. The van der Waals surface area contributed by atoms with Crippen LogP contribution in [-0.4, -0.2) is 132 Å². The lowest BCUT2D eigenvalue weighted by Gasteiger charge is -2.08. The average molecular weight is 599 g/mol. The van der Waals surface area contributed by atoms with Crippen molar-refractivity contribution >= 4 is 5.97 Å². The van der Waals surface area contributed by atoms with Crippen LogP contribution >= 0.6 is 0 Å². The van der Waals surface area contributed by atoms with Gasteiger partial charge in [0.1, 0.15) is 6.61 Å². The Morgan fingerprint density at radius 2 is 1.07 bits per heavy atom. The Morgan fingerprint density at radius 1 is 0.619 bits per heavy atom. The van der Waals surface area contributed by atoms with E-state index in [0.29, 0.717) is 118 Å². The third-order valence-corrected chi connectivity index (χ3v) is 5.27. The SMILES string of the molecule is CCCCOC(=O)c1cccc(C#CCOCCOCCOCCOCCOCCOCCOCCOCCOC)c1. The van der Waals surface area contributed by atoms with Crippen LogP contribution < -0.4 is 0 Å². The summed E-state index contributed by atoms with van der Waals surface area (Å²) in [6.07, 6.45) is 1.84. The summed E-state index contributed by atoms with van der Waals surface area (Å²) in [4.78, 5) is 12.0. The van der Waals surface area contributed by atoms with Crippen LogP contribution in [0, 0.1) is 11.8 Å². The van der Waals surface area contributed by atoms with E-state index in [1.807, 2.05) is 6.07 Å². The van der Waals surface area contributed by atoms with E-state index in [-0.39, 0.29) is 12.6 Å². The molecular weight excluding hydrogens is 548 g/mol. The van der Waals surface area contributed by atoms with Gasteiger partial charge in [-0.15, -0.1) is 0 Å². The predicted molar refractivity (Wildman–Crippen MR) is 157 cm³/mol. The van der Waals surface area contributed by atoms with Crippen LogP contribution in [0.4, 0.5) is 0 Å². The first-order valence-electron chi connectivity index (χ1n) is 14.6. The summed E-state index contributed by atoms with van der Waals surface area (Å²) in [6, 6.07) is 7.09. The molecule has 0 atom stereocenters. The number of methoxy groups -OCH3 is 1. The molecule has 0 aromatic heterocycles. The van der Waals surface area contributed by atoms with E-state index >= 15 is 0 Å². The van der Waals surface area contributed by atoms with Crippen molar-refractivity contribution in [2.75, 3.05) is 126 Å². The molecule has 0 N–H and O–H groups in total. The van der Waals surface area contributed by atoms with E-state index < -0.39 is 0 Å². The Kier molecular flexibility index (Phi) is 27.4. The lowest BCUT2D eigenvalue weighted by molar-refractivity contribution is -0.0238. The molecule has 42 heavy (non-hydrogen) atoms. The first-order chi connectivity index (χ1) is 20.8. The van der Waals surface area contributed by atoms with Gasteiger partial charge in [-0.2, -0.15) is 0 Å². The highest BCUT2D eigenvalue weighted by atomic mass is 16.6. The fourth-order valence-electron chi connectivity index (χ4n) is 3.06. The predicted octanol–water partition coefficient (Wildman–Crippen LogP) is 2.77. The molecule has 0 saturated heterocycles. The van der Waals surface area contributed by atoms with Gasteiger partial charge >= 0.3 is 5.97 Å². The molecule has 0 unspecified atom stereocenters. The molecule has 1 aromatic carbocycles. The topological polar surface area (TPSA) is 109 Å². The van der Waals surface area contributed by atoms with Crippen molar-refractivity contribution in [3.05, 3.63) is 35.4 Å². The first kappa shape index (κ1) is 37.9. The molecule has 0 heterocycles. The van der Waals surface area contributed by atoms with Crippen molar-refractivity contribution in [2.24, 2.45) is 0 Å². The van der Waals surface area contributed by atoms with Gasteiger partial charge in [-0.05, 0) is 24.6 Å². The van der Waals surface area contributed by atoms with Crippen molar-refractivity contribution in [3.63, 3.8) is 0 Å². The number of unbranched alkanes of at least 4 members (excludes halogenated alkanes) is 1. The molecule has 0 fully saturated rings. The second kappa shape index (κ2) is 30.4. The molecular formula is C31H50O11. The number of carbonyl (C=O) groups excluding carboxylic acids is 1. The second-order valence-electron chi connectivity index (χ2n) is 8.70. The van der Waals surface area contributed by atoms with Crippen LogP contribution in [0.15, 0.2) is 24.3 Å². The Hall–Kier alpha value is -2.11. The lowest BCUT2D eigenvalue weighted by Crippen LogP contribution is -2.15. The highest BCUT2D eigenvalue weighted by molar-refractivity contribution is 5.89. The first-order valence-corrected chi connectivity index (χ1v) is 14.6. The zero-order valence-corrected chi connectivity index (χ0v) is 25.4. The van der Waals surface area contributed by atoms with Gasteiger partial charge in [0.2, 0.25) is 0 Å². The van der Waals surface area contributed by atoms with E-state index in [1.165, 1.54) is 0 Å². The van der Waals surface area contributed by atoms with Crippen LogP contribution in [0.2, 0.25) is 0 Å². The van der Waals surface area contributed by atoms with E-state index in [4.69, 9.17) is 47.4 Å². The molecule has 0 aliphatic carbocycles. The highest BCUT2D eigenvalue weighted by Crippen LogP contribution is 2.06. The number of hydrogen-bond donors (Lipinski definition) is 0. The van der Waals surface area contributed by atoms with Gasteiger partial charge in [0.25, 0.3) is 0 Å². The molecule has 240 valence electrons. The number of benzene rings is 1. The number of rotatable bonds is 29. The van der Waals surface area contributed by atoms with E-state index in [0.717, 1.165) is 18.4 Å². The summed E-state index contributed by atoms with van der Waals surface area (Å²) in [5.74, 6) is 5.61. The molecule has 0 amide bonds. The second-order valence-corrected chi connectivity index (χ2v) is 8.70. The van der Waals surface area contributed by atoms with E-state index in [9.17, 15) is 4.79 Å². The van der Waals surface area contributed by atoms with Gasteiger partial charge in [-0.1, -0.05) is 31.3 Å². The zero-order chi connectivity index (χ0) is 30.2. The Balaban J connectivity index is 1.81. The maximum Gasteiger partial charge on any atom is 0.338 e. The van der Waals surface area contributed by atoms with Crippen LogP contribution in [-0.2, 0) is 47.4 Å². The quantitative estimate of drug-likeness (QED) is 0.0772. The van der Waals surface area contributed by atoms with Crippen LogP contribution in [0.5, 0.6) is 0 Å². The molecule has 0 bridgehead atoms. The van der Waals surface area contributed by atoms with E-state index in [2.05, 4.69) is 18.8 Å². The van der Waals surface area contributed by atoms with Crippen LogP contribution in [0.3, 0.4) is 0 Å². The van der Waals surface area contributed by atoms with Crippen molar-refractivity contribution in [2.45, 2.75) is 19.8 Å².